The van der Waals surface area contributed by atoms with Gasteiger partial charge in [-0.3, -0.25) is 4.79 Å². The zero-order valence-corrected chi connectivity index (χ0v) is 30.0. The van der Waals surface area contributed by atoms with Crippen LogP contribution >= 0.6 is 67.8 Å². The van der Waals surface area contributed by atoms with Crippen molar-refractivity contribution in [2.24, 2.45) is 0 Å². The van der Waals surface area contributed by atoms with Crippen molar-refractivity contribution in [3.8, 4) is 11.5 Å². The average Bonchev–Trinajstić information content (AvgIpc) is 2.93. The Morgan fingerprint density at radius 1 is 0.854 bits per heavy atom. The average molecular weight is 921 g/mol. The van der Waals surface area contributed by atoms with Crippen LogP contribution in [0.15, 0.2) is 23.1 Å². The van der Waals surface area contributed by atoms with Crippen molar-refractivity contribution in [3.63, 3.8) is 0 Å². The molecular formula is C29H32I3O8S-. The Balaban J connectivity index is 1.56. The Morgan fingerprint density at radius 3 is 2.00 bits per heavy atom. The van der Waals surface area contributed by atoms with E-state index in [1.807, 2.05) is 22.6 Å². The molecule has 0 unspecified atom stereocenters. The predicted molar refractivity (Wildman–Crippen MR) is 178 cm³/mol. The number of carbonyl (C=O) groups excluding carboxylic acids is 2. The van der Waals surface area contributed by atoms with Gasteiger partial charge in [0.25, 0.3) is 0 Å². The highest BCUT2D eigenvalue weighted by atomic mass is 127. The Bertz CT molecular complexity index is 1400. The van der Waals surface area contributed by atoms with E-state index >= 15 is 0 Å². The Morgan fingerprint density at radius 2 is 1.44 bits per heavy atom. The molecule has 0 amide bonds. The molecule has 0 aliphatic heterocycles. The second-order valence-corrected chi connectivity index (χ2v) is 15.2. The van der Waals surface area contributed by atoms with Crippen LogP contribution in [0.5, 0.6) is 11.5 Å². The number of rotatable bonds is 9. The van der Waals surface area contributed by atoms with Gasteiger partial charge in [0.15, 0.2) is 5.75 Å². The highest BCUT2D eigenvalue weighted by Gasteiger charge is 2.28. The first-order valence-corrected chi connectivity index (χ1v) is 18.4. The first-order valence-electron chi connectivity index (χ1n) is 13.8. The first-order chi connectivity index (χ1) is 19.5. The third-order valence-corrected chi connectivity index (χ3v) is 11.2. The summed E-state index contributed by atoms with van der Waals surface area (Å²) in [6.45, 7) is 1.33. The molecule has 2 aromatic rings. The van der Waals surface area contributed by atoms with E-state index in [1.165, 1.54) is 6.92 Å². The van der Waals surface area contributed by atoms with Crippen LogP contribution in [0.4, 0.5) is 0 Å². The summed E-state index contributed by atoms with van der Waals surface area (Å²) in [7, 11) is -4.66. The molecule has 2 aromatic carbocycles. The fourth-order valence-electron chi connectivity index (χ4n) is 5.75. The van der Waals surface area contributed by atoms with Gasteiger partial charge in [-0.25, -0.2) is 13.2 Å². The highest BCUT2D eigenvalue weighted by molar-refractivity contribution is 14.1. The summed E-state index contributed by atoms with van der Waals surface area (Å²) in [6, 6.07) is 5.09. The van der Waals surface area contributed by atoms with Gasteiger partial charge in [-0.2, -0.15) is 0 Å². The Kier molecular flexibility index (Phi) is 12.0. The van der Waals surface area contributed by atoms with E-state index in [0.29, 0.717) is 33.3 Å². The first kappa shape index (κ1) is 33.2. The minimum Gasteiger partial charge on any atom is -0.744 e. The second-order valence-electron chi connectivity index (χ2n) is 10.5. The van der Waals surface area contributed by atoms with Gasteiger partial charge in [-0.1, -0.05) is 38.5 Å². The van der Waals surface area contributed by atoms with E-state index in [1.54, 1.807) is 18.2 Å². The summed E-state index contributed by atoms with van der Waals surface area (Å²) in [5.74, 6) is -0.0433. The van der Waals surface area contributed by atoms with Gasteiger partial charge in [0, 0.05) is 10.5 Å². The fourth-order valence-corrected chi connectivity index (χ4v) is 10.6. The Hall–Kier alpha value is -0.720. The molecule has 0 heterocycles. The van der Waals surface area contributed by atoms with Crippen LogP contribution in [0.25, 0.3) is 0 Å². The normalized spacial score (nSPS) is 16.8. The monoisotopic (exact) mass is 921 g/mol. The molecule has 4 rings (SSSR count). The van der Waals surface area contributed by atoms with Crippen molar-refractivity contribution in [1.82, 2.24) is 0 Å². The molecule has 224 valence electrons. The van der Waals surface area contributed by atoms with Crippen molar-refractivity contribution in [2.75, 3.05) is 13.2 Å². The minimum atomic E-state index is -4.66. The van der Waals surface area contributed by atoms with Crippen LogP contribution in [-0.4, -0.2) is 38.1 Å². The standard InChI is InChI=1S/C29H33I3O8S/c1-17(33)40-28-23(31)16-22(30)26(27(28)32)29(34)39-13-12-38-24-14-21(19-10-6-3-7-11-19)25(41(35,36)37)15-20(24)18-8-4-2-5-9-18/h14-16,18-19H,2-13H2,1H3,(H,35,36,37)/p-1. The summed E-state index contributed by atoms with van der Waals surface area (Å²) < 4.78 is 56.1. The Labute approximate surface area is 282 Å². The maximum Gasteiger partial charge on any atom is 0.340 e. The largest absolute Gasteiger partial charge is 0.744 e. The predicted octanol–water partition coefficient (Wildman–Crippen LogP) is 7.66. The molecule has 2 fully saturated rings. The van der Waals surface area contributed by atoms with E-state index in [9.17, 15) is 22.6 Å². The summed E-state index contributed by atoms with van der Waals surface area (Å²) >= 11 is 6.09. The van der Waals surface area contributed by atoms with Gasteiger partial charge in [-0.05, 0) is 135 Å². The van der Waals surface area contributed by atoms with Crippen LogP contribution < -0.4 is 9.47 Å². The van der Waals surface area contributed by atoms with E-state index in [2.05, 4.69) is 45.2 Å². The van der Waals surface area contributed by atoms with Crippen LogP contribution in [0.2, 0.25) is 0 Å². The molecule has 8 nitrogen and oxygen atoms in total. The number of carbonyl (C=O) groups is 2. The van der Waals surface area contributed by atoms with Crippen molar-refractivity contribution in [3.05, 3.63) is 45.6 Å². The van der Waals surface area contributed by atoms with Crippen LogP contribution in [0, 0.1) is 10.7 Å². The molecule has 41 heavy (non-hydrogen) atoms. The molecule has 0 atom stereocenters. The van der Waals surface area contributed by atoms with E-state index < -0.39 is 22.1 Å². The van der Waals surface area contributed by atoms with Gasteiger partial charge in [0.2, 0.25) is 0 Å². The summed E-state index contributed by atoms with van der Waals surface area (Å²) in [5.41, 5.74) is 1.61. The number of ether oxygens (including phenoxy) is 3. The van der Waals surface area contributed by atoms with Gasteiger partial charge in [0.05, 0.1) is 17.6 Å². The lowest BCUT2D eigenvalue weighted by Crippen LogP contribution is -2.18. The molecule has 0 N–H and O–H groups in total. The lowest BCUT2D eigenvalue weighted by atomic mass is 9.80. The van der Waals surface area contributed by atoms with Gasteiger partial charge >= 0.3 is 11.9 Å². The smallest absolute Gasteiger partial charge is 0.340 e. The fraction of sp³-hybridized carbons (Fsp3) is 0.517. The molecule has 0 saturated heterocycles. The lowest BCUT2D eigenvalue weighted by Gasteiger charge is -2.29. The summed E-state index contributed by atoms with van der Waals surface area (Å²) in [6.07, 6.45) is 9.78. The molecule has 2 aliphatic carbocycles. The third kappa shape index (κ3) is 8.47. The van der Waals surface area contributed by atoms with E-state index in [0.717, 1.165) is 69.8 Å². The van der Waals surface area contributed by atoms with Crippen LogP contribution in [0.1, 0.15) is 104 Å². The van der Waals surface area contributed by atoms with Crippen molar-refractivity contribution in [2.45, 2.75) is 87.9 Å². The number of hydrogen-bond acceptors (Lipinski definition) is 8. The number of esters is 2. The summed E-state index contributed by atoms with van der Waals surface area (Å²) in [4.78, 5) is 24.5. The second kappa shape index (κ2) is 14.8. The SMILES string of the molecule is CC(=O)Oc1c(I)cc(I)c(C(=O)OCCOc2cc(C3CCCCC3)c(S(=O)(=O)[O-])cc2C2CCCCC2)c1I. The zero-order valence-electron chi connectivity index (χ0n) is 22.7. The molecule has 0 bridgehead atoms. The number of benzene rings is 2. The quantitative estimate of drug-likeness (QED) is 0.0828. The topological polar surface area (TPSA) is 119 Å². The third-order valence-electron chi connectivity index (χ3n) is 7.65. The molecule has 2 saturated carbocycles. The van der Waals surface area contributed by atoms with Crippen LogP contribution in [-0.2, 0) is 19.6 Å². The molecule has 0 aromatic heterocycles. The van der Waals surface area contributed by atoms with Crippen molar-refractivity contribution in [1.29, 1.82) is 0 Å². The van der Waals surface area contributed by atoms with E-state index in [4.69, 9.17) is 14.2 Å². The lowest BCUT2D eigenvalue weighted by molar-refractivity contribution is -0.132. The molecular weight excluding hydrogens is 889 g/mol. The maximum atomic E-state index is 13.0. The van der Waals surface area contributed by atoms with Gasteiger partial charge in [-0.15, -0.1) is 0 Å². The highest BCUT2D eigenvalue weighted by Crippen LogP contribution is 2.44. The zero-order chi connectivity index (χ0) is 29.7. The molecule has 2 aliphatic rings. The van der Waals surface area contributed by atoms with E-state index in [-0.39, 0.29) is 29.9 Å². The molecule has 0 spiro atoms. The summed E-state index contributed by atoms with van der Waals surface area (Å²) in [5, 5.41) is 0. The van der Waals surface area contributed by atoms with Crippen LogP contribution in [0.3, 0.4) is 0 Å². The number of halogens is 3. The van der Waals surface area contributed by atoms with Crippen molar-refractivity contribution < 1.29 is 36.8 Å². The maximum absolute atomic E-state index is 13.0. The molecule has 12 heteroatoms. The van der Waals surface area contributed by atoms with Gasteiger partial charge < -0.3 is 18.8 Å². The molecule has 0 radical (unpaired) electrons. The number of hydrogen-bond donors (Lipinski definition) is 0. The minimum absolute atomic E-state index is 0.000461. The van der Waals surface area contributed by atoms with Gasteiger partial charge in [0.1, 0.15) is 29.1 Å². The van der Waals surface area contributed by atoms with Crippen molar-refractivity contribution >= 4 is 89.8 Å².